The van der Waals surface area contributed by atoms with E-state index in [1.807, 2.05) is 42.5 Å². The predicted octanol–water partition coefficient (Wildman–Crippen LogP) is 4.00. The highest BCUT2D eigenvalue weighted by Gasteiger charge is 2.49. The first-order valence-corrected chi connectivity index (χ1v) is 11.1. The largest absolute Gasteiger partial charge is 0.493 e. The molecule has 4 rings (SSSR count). The standard InChI is InChI=1S/C27H29NO7/c1-31-21-11-10-18(12-22(21)35-16-17-8-6-5-7-9-17)25-20(15-29)27(30)28(25)19-13-23(32-2)26(34-4)24(14-19)33-3/h5-14,20,25,29H,15-16H2,1-4H3/t20-,25+/m1/s1. The fourth-order valence-corrected chi connectivity index (χ4v) is 4.33. The lowest BCUT2D eigenvalue weighted by Crippen LogP contribution is -2.56. The molecule has 1 saturated heterocycles. The molecule has 0 aromatic heterocycles. The van der Waals surface area contributed by atoms with Gasteiger partial charge >= 0.3 is 0 Å². The third-order valence-electron chi connectivity index (χ3n) is 6.10. The number of anilines is 1. The van der Waals surface area contributed by atoms with Gasteiger partial charge in [-0.05, 0) is 23.3 Å². The van der Waals surface area contributed by atoms with Crippen LogP contribution in [0.2, 0.25) is 0 Å². The van der Waals surface area contributed by atoms with Crippen LogP contribution in [-0.4, -0.2) is 46.1 Å². The van der Waals surface area contributed by atoms with Crippen molar-refractivity contribution in [2.75, 3.05) is 39.9 Å². The molecular formula is C27H29NO7. The molecule has 0 unspecified atom stereocenters. The quantitative estimate of drug-likeness (QED) is 0.440. The van der Waals surface area contributed by atoms with E-state index < -0.39 is 12.0 Å². The van der Waals surface area contributed by atoms with Crippen LogP contribution in [0.5, 0.6) is 28.7 Å². The summed E-state index contributed by atoms with van der Waals surface area (Å²) in [7, 11) is 6.14. The minimum Gasteiger partial charge on any atom is -0.493 e. The molecule has 1 aliphatic heterocycles. The number of methoxy groups -OCH3 is 4. The maximum Gasteiger partial charge on any atom is 0.235 e. The zero-order chi connectivity index (χ0) is 24.9. The molecule has 2 atom stereocenters. The van der Waals surface area contributed by atoms with E-state index >= 15 is 0 Å². The Morgan fingerprint density at radius 1 is 0.800 bits per heavy atom. The molecule has 8 heteroatoms. The molecule has 8 nitrogen and oxygen atoms in total. The summed E-state index contributed by atoms with van der Waals surface area (Å²) >= 11 is 0. The van der Waals surface area contributed by atoms with Gasteiger partial charge in [0.1, 0.15) is 6.61 Å². The van der Waals surface area contributed by atoms with Gasteiger partial charge in [-0.1, -0.05) is 36.4 Å². The van der Waals surface area contributed by atoms with Crippen LogP contribution in [0.25, 0.3) is 0 Å². The van der Waals surface area contributed by atoms with E-state index in [1.165, 1.54) is 21.3 Å². The van der Waals surface area contributed by atoms with E-state index in [4.69, 9.17) is 23.7 Å². The molecule has 0 saturated carbocycles. The fraction of sp³-hybridized carbons (Fsp3) is 0.296. The Morgan fingerprint density at radius 2 is 1.46 bits per heavy atom. The lowest BCUT2D eigenvalue weighted by atomic mass is 9.82. The number of aliphatic hydroxyl groups is 1. The average Bonchev–Trinajstić information content (AvgIpc) is 2.90. The summed E-state index contributed by atoms with van der Waals surface area (Å²) in [6.07, 6.45) is 0. The smallest absolute Gasteiger partial charge is 0.235 e. The van der Waals surface area contributed by atoms with Crippen molar-refractivity contribution in [3.63, 3.8) is 0 Å². The molecule has 1 N–H and O–H groups in total. The third kappa shape index (κ3) is 4.57. The predicted molar refractivity (Wildman–Crippen MR) is 131 cm³/mol. The zero-order valence-electron chi connectivity index (χ0n) is 20.2. The monoisotopic (exact) mass is 479 g/mol. The van der Waals surface area contributed by atoms with Crippen molar-refractivity contribution >= 4 is 11.6 Å². The summed E-state index contributed by atoms with van der Waals surface area (Å²) in [4.78, 5) is 14.7. The van der Waals surface area contributed by atoms with Crippen molar-refractivity contribution in [2.45, 2.75) is 12.6 Å². The van der Waals surface area contributed by atoms with Crippen LogP contribution in [0.3, 0.4) is 0 Å². The Labute approximate surface area is 204 Å². The molecular weight excluding hydrogens is 450 g/mol. The first kappa shape index (κ1) is 24.2. The number of aliphatic hydroxyl groups excluding tert-OH is 1. The number of β-lactam (4-membered cyclic amide) rings is 1. The maximum atomic E-state index is 13.0. The van der Waals surface area contributed by atoms with Gasteiger partial charge in [-0.3, -0.25) is 4.79 Å². The molecule has 184 valence electrons. The summed E-state index contributed by atoms with van der Waals surface area (Å²) in [6, 6.07) is 18.4. The highest BCUT2D eigenvalue weighted by Crippen LogP contribution is 2.49. The number of amides is 1. The van der Waals surface area contributed by atoms with Gasteiger partial charge in [0, 0.05) is 12.1 Å². The first-order valence-electron chi connectivity index (χ1n) is 11.1. The van der Waals surface area contributed by atoms with E-state index in [9.17, 15) is 9.90 Å². The SMILES string of the molecule is COc1ccc([C@H]2[C@@H](CO)C(=O)N2c2cc(OC)c(OC)c(OC)c2)cc1OCc1ccccc1. The van der Waals surface area contributed by atoms with Crippen LogP contribution < -0.4 is 28.6 Å². The van der Waals surface area contributed by atoms with E-state index in [2.05, 4.69) is 0 Å². The second kappa shape index (κ2) is 10.6. The topological polar surface area (TPSA) is 86.7 Å². The number of carbonyl (C=O) groups is 1. The Bertz CT molecular complexity index is 1160. The lowest BCUT2D eigenvalue weighted by molar-refractivity contribution is -0.132. The Balaban J connectivity index is 1.70. The van der Waals surface area contributed by atoms with Crippen LogP contribution in [0.15, 0.2) is 60.7 Å². The average molecular weight is 480 g/mol. The number of rotatable bonds is 10. The molecule has 35 heavy (non-hydrogen) atoms. The van der Waals surface area contributed by atoms with Crippen LogP contribution in [0.1, 0.15) is 17.2 Å². The van der Waals surface area contributed by atoms with Crippen molar-refractivity contribution in [2.24, 2.45) is 5.92 Å². The van der Waals surface area contributed by atoms with Gasteiger partial charge in [-0.25, -0.2) is 0 Å². The van der Waals surface area contributed by atoms with Gasteiger partial charge in [0.2, 0.25) is 11.7 Å². The van der Waals surface area contributed by atoms with Crippen molar-refractivity contribution < 1.29 is 33.6 Å². The number of nitrogens with zero attached hydrogens (tertiary/aromatic N) is 1. The van der Waals surface area contributed by atoms with Gasteiger partial charge in [0.05, 0.1) is 52.7 Å². The Morgan fingerprint density at radius 3 is 2.03 bits per heavy atom. The first-order chi connectivity index (χ1) is 17.1. The summed E-state index contributed by atoms with van der Waals surface area (Å²) < 4.78 is 27.9. The molecule has 1 amide bonds. The Hall–Kier alpha value is -3.91. The molecule has 0 bridgehead atoms. The van der Waals surface area contributed by atoms with Gasteiger partial charge < -0.3 is 33.7 Å². The highest BCUT2D eigenvalue weighted by atomic mass is 16.5. The molecule has 1 aliphatic rings. The minimum absolute atomic E-state index is 0.200. The second-order valence-electron chi connectivity index (χ2n) is 8.01. The normalized spacial score (nSPS) is 16.9. The number of hydrogen-bond acceptors (Lipinski definition) is 7. The summed E-state index contributed by atoms with van der Waals surface area (Å²) in [6.45, 7) is 0.0843. The van der Waals surface area contributed by atoms with Crippen molar-refractivity contribution in [1.82, 2.24) is 0 Å². The zero-order valence-corrected chi connectivity index (χ0v) is 20.2. The van der Waals surface area contributed by atoms with Crippen LogP contribution >= 0.6 is 0 Å². The van der Waals surface area contributed by atoms with Crippen molar-refractivity contribution in [3.8, 4) is 28.7 Å². The van der Waals surface area contributed by atoms with Gasteiger partial charge in [0.25, 0.3) is 0 Å². The number of hydrogen-bond donors (Lipinski definition) is 1. The van der Waals surface area contributed by atoms with E-state index in [1.54, 1.807) is 30.2 Å². The number of ether oxygens (including phenoxy) is 5. The summed E-state index contributed by atoms with van der Waals surface area (Å²) in [5.74, 6) is 1.64. The fourth-order valence-electron chi connectivity index (χ4n) is 4.33. The van der Waals surface area contributed by atoms with Crippen molar-refractivity contribution in [1.29, 1.82) is 0 Å². The van der Waals surface area contributed by atoms with Crippen molar-refractivity contribution in [3.05, 3.63) is 71.8 Å². The summed E-state index contributed by atoms with van der Waals surface area (Å²) in [5.41, 5.74) is 2.40. The van der Waals surface area contributed by atoms with Gasteiger partial charge in [0.15, 0.2) is 23.0 Å². The van der Waals surface area contributed by atoms with Crippen LogP contribution in [0.4, 0.5) is 5.69 Å². The number of carbonyl (C=O) groups excluding carboxylic acids is 1. The molecule has 0 radical (unpaired) electrons. The van der Waals surface area contributed by atoms with Gasteiger partial charge in [-0.2, -0.15) is 0 Å². The van der Waals surface area contributed by atoms with Crippen LogP contribution in [0, 0.1) is 5.92 Å². The highest BCUT2D eigenvalue weighted by molar-refractivity contribution is 6.03. The molecule has 1 heterocycles. The second-order valence-corrected chi connectivity index (χ2v) is 8.01. The molecule has 3 aromatic rings. The Kier molecular flexibility index (Phi) is 7.31. The van der Waals surface area contributed by atoms with E-state index in [-0.39, 0.29) is 12.5 Å². The molecule has 1 fully saturated rings. The van der Waals surface area contributed by atoms with Gasteiger partial charge in [-0.15, -0.1) is 0 Å². The molecule has 0 aliphatic carbocycles. The molecule has 0 spiro atoms. The number of benzene rings is 3. The summed E-state index contributed by atoms with van der Waals surface area (Å²) in [5, 5.41) is 9.99. The lowest BCUT2D eigenvalue weighted by Gasteiger charge is -2.47. The van der Waals surface area contributed by atoms with E-state index in [0.717, 1.165) is 11.1 Å². The van der Waals surface area contributed by atoms with Crippen LogP contribution in [-0.2, 0) is 11.4 Å². The third-order valence-corrected chi connectivity index (χ3v) is 6.10. The maximum absolute atomic E-state index is 13.0. The molecule has 3 aromatic carbocycles. The van der Waals surface area contributed by atoms with E-state index in [0.29, 0.717) is 41.0 Å². The minimum atomic E-state index is -0.593.